The highest BCUT2D eigenvalue weighted by Crippen LogP contribution is 2.67. The number of carbonyl (C=O) groups excluding carboxylic acids is 2. The number of esters is 2. The summed E-state index contributed by atoms with van der Waals surface area (Å²) in [6, 6.07) is 0. The van der Waals surface area contributed by atoms with Gasteiger partial charge < -0.3 is 14.6 Å². The van der Waals surface area contributed by atoms with Gasteiger partial charge in [0.1, 0.15) is 11.2 Å². The average Bonchev–Trinajstić information content (AvgIpc) is 2.70. The highest BCUT2D eigenvalue weighted by molar-refractivity contribution is 5.80. The van der Waals surface area contributed by atoms with Gasteiger partial charge in [0.25, 0.3) is 0 Å². The van der Waals surface area contributed by atoms with Gasteiger partial charge in [0.15, 0.2) is 0 Å². The van der Waals surface area contributed by atoms with Crippen molar-refractivity contribution in [3.63, 3.8) is 0 Å². The normalized spacial score (nSPS) is 47.7. The van der Waals surface area contributed by atoms with Crippen LogP contribution in [0.4, 0.5) is 0 Å². The van der Waals surface area contributed by atoms with Crippen molar-refractivity contribution in [1.82, 2.24) is 0 Å². The van der Waals surface area contributed by atoms with Gasteiger partial charge in [-0.25, -0.2) is 0 Å². The standard InChI is InChI=1S/C30H46O5/c1-6-25(2,3)23(31)35-30-15-22-10-27(17-30,16-29(33,14-22)18-30)24(32)34-26(4,5)28-11-19-7-20(12-28)9-21(8-19)13-28/h19-22,33H,6-18H2,1-5H3. The zero-order valence-corrected chi connectivity index (χ0v) is 22.6. The second-order valence-electron chi connectivity index (χ2n) is 15.4. The van der Waals surface area contributed by atoms with Crippen LogP contribution in [-0.2, 0) is 19.1 Å². The van der Waals surface area contributed by atoms with Crippen LogP contribution in [0.5, 0.6) is 0 Å². The quantitative estimate of drug-likeness (QED) is 0.469. The van der Waals surface area contributed by atoms with Crippen molar-refractivity contribution < 1.29 is 24.2 Å². The lowest BCUT2D eigenvalue weighted by molar-refractivity contribution is -0.260. The number of carbonyl (C=O) groups is 2. The molecule has 4 atom stereocenters. The van der Waals surface area contributed by atoms with Crippen molar-refractivity contribution >= 4 is 11.9 Å². The van der Waals surface area contributed by atoms with Crippen LogP contribution in [-0.4, -0.2) is 33.8 Å². The molecule has 8 bridgehead atoms. The zero-order valence-electron chi connectivity index (χ0n) is 22.6. The fourth-order valence-corrected chi connectivity index (χ4v) is 10.4. The molecule has 8 saturated carbocycles. The minimum atomic E-state index is -0.945. The molecule has 5 heteroatoms. The van der Waals surface area contributed by atoms with E-state index in [2.05, 4.69) is 13.8 Å². The Balaban J connectivity index is 1.26. The lowest BCUT2D eigenvalue weighted by atomic mass is 9.45. The highest BCUT2D eigenvalue weighted by Gasteiger charge is 2.69. The summed E-state index contributed by atoms with van der Waals surface area (Å²) < 4.78 is 12.9. The summed E-state index contributed by atoms with van der Waals surface area (Å²) in [5, 5.41) is 11.6. The molecule has 5 nitrogen and oxygen atoms in total. The van der Waals surface area contributed by atoms with Gasteiger partial charge in [0.05, 0.1) is 16.4 Å². The second-order valence-corrected chi connectivity index (χ2v) is 15.4. The molecule has 0 aromatic rings. The van der Waals surface area contributed by atoms with E-state index in [0.29, 0.717) is 32.1 Å². The lowest BCUT2D eigenvalue weighted by Crippen LogP contribution is -2.67. The van der Waals surface area contributed by atoms with E-state index in [0.717, 1.165) is 30.6 Å². The minimum Gasteiger partial charge on any atom is -0.459 e. The average molecular weight is 487 g/mol. The number of aliphatic hydroxyl groups is 1. The Morgan fingerprint density at radius 1 is 0.829 bits per heavy atom. The summed E-state index contributed by atoms with van der Waals surface area (Å²) in [6.07, 6.45) is 12.0. The molecule has 0 saturated heterocycles. The molecule has 8 rings (SSSR count). The van der Waals surface area contributed by atoms with Crippen molar-refractivity contribution in [3.8, 4) is 0 Å². The van der Waals surface area contributed by atoms with Crippen LogP contribution < -0.4 is 0 Å². The third-order valence-corrected chi connectivity index (χ3v) is 11.8. The van der Waals surface area contributed by atoms with Crippen LogP contribution in [0, 0.1) is 39.9 Å². The third kappa shape index (κ3) is 3.64. The van der Waals surface area contributed by atoms with E-state index in [1.807, 2.05) is 20.8 Å². The minimum absolute atomic E-state index is 0.0892. The molecule has 0 radical (unpaired) electrons. The van der Waals surface area contributed by atoms with Crippen LogP contribution in [0.2, 0.25) is 0 Å². The molecule has 8 aliphatic rings. The molecule has 0 aliphatic heterocycles. The van der Waals surface area contributed by atoms with Gasteiger partial charge in [0.2, 0.25) is 0 Å². The van der Waals surface area contributed by atoms with Crippen LogP contribution in [0.1, 0.15) is 118 Å². The number of hydrogen-bond donors (Lipinski definition) is 1. The van der Waals surface area contributed by atoms with Gasteiger partial charge in [-0.1, -0.05) is 6.92 Å². The Bertz CT molecular complexity index is 900. The first-order chi connectivity index (χ1) is 16.2. The maximum absolute atomic E-state index is 14.2. The summed E-state index contributed by atoms with van der Waals surface area (Å²) in [5.74, 6) is 2.24. The molecule has 0 heterocycles. The summed E-state index contributed by atoms with van der Waals surface area (Å²) in [5.41, 5.74) is -3.43. The Labute approximate surface area is 211 Å². The summed E-state index contributed by atoms with van der Waals surface area (Å²) >= 11 is 0. The van der Waals surface area contributed by atoms with Crippen LogP contribution in [0.3, 0.4) is 0 Å². The molecule has 4 unspecified atom stereocenters. The Hall–Kier alpha value is -1.10. The molecular weight excluding hydrogens is 440 g/mol. The monoisotopic (exact) mass is 486 g/mol. The largest absolute Gasteiger partial charge is 0.459 e. The molecule has 1 N–H and O–H groups in total. The van der Waals surface area contributed by atoms with E-state index in [4.69, 9.17) is 9.47 Å². The first-order valence-corrected chi connectivity index (χ1v) is 14.4. The summed E-state index contributed by atoms with van der Waals surface area (Å²) in [4.78, 5) is 27.3. The molecule has 0 aromatic heterocycles. The van der Waals surface area contributed by atoms with Gasteiger partial charge in [-0.05, 0) is 122 Å². The molecule has 35 heavy (non-hydrogen) atoms. The first kappa shape index (κ1) is 24.2. The second kappa shape index (κ2) is 7.26. The Morgan fingerprint density at radius 3 is 1.97 bits per heavy atom. The van der Waals surface area contributed by atoms with E-state index in [-0.39, 0.29) is 23.3 Å². The maximum Gasteiger partial charge on any atom is 0.312 e. The van der Waals surface area contributed by atoms with Gasteiger partial charge in [0, 0.05) is 18.3 Å². The molecule has 8 fully saturated rings. The van der Waals surface area contributed by atoms with Crippen LogP contribution in [0.25, 0.3) is 0 Å². The van der Waals surface area contributed by atoms with Gasteiger partial charge in [-0.3, -0.25) is 9.59 Å². The smallest absolute Gasteiger partial charge is 0.312 e. The molecule has 196 valence electrons. The Morgan fingerprint density at radius 2 is 1.43 bits per heavy atom. The molecular formula is C30H46O5. The molecule has 0 spiro atoms. The highest BCUT2D eigenvalue weighted by atomic mass is 16.6. The lowest BCUT2D eigenvalue weighted by Gasteiger charge is -2.64. The predicted octanol–water partition coefficient (Wildman–Crippen LogP) is 5.96. The van der Waals surface area contributed by atoms with Crippen LogP contribution in [0.15, 0.2) is 0 Å². The maximum atomic E-state index is 14.2. The van der Waals surface area contributed by atoms with Crippen molar-refractivity contribution in [3.05, 3.63) is 0 Å². The van der Waals surface area contributed by atoms with E-state index < -0.39 is 27.6 Å². The molecule has 0 aromatic carbocycles. The first-order valence-electron chi connectivity index (χ1n) is 14.4. The van der Waals surface area contributed by atoms with Gasteiger partial charge in [-0.15, -0.1) is 0 Å². The number of ether oxygens (including phenoxy) is 2. The van der Waals surface area contributed by atoms with Gasteiger partial charge in [-0.2, -0.15) is 0 Å². The van der Waals surface area contributed by atoms with Crippen molar-refractivity contribution in [2.24, 2.45) is 39.9 Å². The summed E-state index contributed by atoms with van der Waals surface area (Å²) in [6.45, 7) is 10.2. The fraction of sp³-hybridized carbons (Fsp3) is 0.933. The third-order valence-electron chi connectivity index (χ3n) is 11.8. The van der Waals surface area contributed by atoms with E-state index in [1.165, 1.54) is 38.5 Å². The van der Waals surface area contributed by atoms with E-state index >= 15 is 0 Å². The fourth-order valence-electron chi connectivity index (χ4n) is 10.4. The van der Waals surface area contributed by atoms with Crippen molar-refractivity contribution in [2.75, 3.05) is 0 Å². The number of rotatable bonds is 6. The zero-order chi connectivity index (χ0) is 25.1. The molecule has 0 amide bonds. The van der Waals surface area contributed by atoms with E-state index in [9.17, 15) is 14.7 Å². The Kier molecular flexibility index (Phi) is 5.03. The van der Waals surface area contributed by atoms with Crippen LogP contribution >= 0.6 is 0 Å². The predicted molar refractivity (Wildman–Crippen MR) is 132 cm³/mol. The number of hydrogen-bond acceptors (Lipinski definition) is 5. The van der Waals surface area contributed by atoms with E-state index in [1.54, 1.807) is 0 Å². The SMILES string of the molecule is CCC(C)(C)C(=O)OC12CC3CC(O)(C1)CC(C(=O)OC(C)(C)C14CC5CC(CC(C5)C1)C4)(C3)C2. The van der Waals surface area contributed by atoms with Crippen molar-refractivity contribution in [2.45, 2.75) is 135 Å². The van der Waals surface area contributed by atoms with Crippen molar-refractivity contribution in [1.29, 1.82) is 0 Å². The van der Waals surface area contributed by atoms with Gasteiger partial charge >= 0.3 is 11.9 Å². The topological polar surface area (TPSA) is 72.8 Å². The molecule has 8 aliphatic carbocycles. The summed E-state index contributed by atoms with van der Waals surface area (Å²) in [7, 11) is 0.